The van der Waals surface area contributed by atoms with Gasteiger partial charge in [0.1, 0.15) is 11.5 Å². The smallest absolute Gasteiger partial charge is 0.422 e. The molecular weight excluding hydrogens is 297 g/mol. The lowest BCUT2D eigenvalue weighted by molar-refractivity contribution is -0.153. The number of aliphatic imine (C=N–C) groups is 1. The molecule has 0 N–H and O–H groups in total. The summed E-state index contributed by atoms with van der Waals surface area (Å²) in [5.74, 6) is 0.661. The summed E-state index contributed by atoms with van der Waals surface area (Å²) in [6, 6.07) is 3.28. The van der Waals surface area contributed by atoms with Crippen molar-refractivity contribution in [3.8, 4) is 11.5 Å². The van der Waals surface area contributed by atoms with Crippen molar-refractivity contribution in [1.29, 1.82) is 0 Å². The van der Waals surface area contributed by atoms with Gasteiger partial charge in [0.15, 0.2) is 6.61 Å². The summed E-state index contributed by atoms with van der Waals surface area (Å²) in [5, 5.41) is 0. The number of ether oxygens (including phenoxy) is 2. The number of aryl methyl sites for hydroxylation is 1. The predicted octanol–water partition coefficient (Wildman–Crippen LogP) is 3.23. The van der Waals surface area contributed by atoms with Gasteiger partial charge < -0.3 is 14.4 Å². The zero-order chi connectivity index (χ0) is 16.3. The van der Waals surface area contributed by atoms with Crippen LogP contribution < -0.4 is 14.4 Å². The summed E-state index contributed by atoms with van der Waals surface area (Å²) in [5.41, 5.74) is 2.51. The molecule has 0 radical (unpaired) electrons. The van der Waals surface area contributed by atoms with Crippen LogP contribution in [0.3, 0.4) is 0 Å². The molecule has 0 bridgehead atoms. The molecule has 0 spiro atoms. The summed E-state index contributed by atoms with van der Waals surface area (Å²) >= 11 is 0. The Balaban J connectivity index is 2.34. The minimum atomic E-state index is -4.38. The van der Waals surface area contributed by atoms with Crippen molar-refractivity contribution in [2.24, 2.45) is 4.99 Å². The van der Waals surface area contributed by atoms with E-state index in [0.29, 0.717) is 24.5 Å². The SMILES string of the molecule is CN=C1CCN(c2c(C)cc(OC)cc2OCC(F)(F)F)C1. The summed E-state index contributed by atoms with van der Waals surface area (Å²) in [6.45, 7) is 1.82. The Kier molecular flexibility index (Phi) is 4.83. The van der Waals surface area contributed by atoms with Gasteiger partial charge in [-0.05, 0) is 18.6 Å². The summed E-state index contributed by atoms with van der Waals surface area (Å²) in [6.07, 6.45) is -3.57. The molecule has 1 aromatic rings. The highest BCUT2D eigenvalue weighted by molar-refractivity contribution is 5.93. The zero-order valence-electron chi connectivity index (χ0n) is 12.8. The van der Waals surface area contributed by atoms with Gasteiger partial charge in [0.25, 0.3) is 0 Å². The molecule has 122 valence electrons. The van der Waals surface area contributed by atoms with Gasteiger partial charge in [-0.15, -0.1) is 0 Å². The number of rotatable bonds is 4. The van der Waals surface area contributed by atoms with Crippen molar-refractivity contribution in [1.82, 2.24) is 0 Å². The highest BCUT2D eigenvalue weighted by Crippen LogP contribution is 2.38. The van der Waals surface area contributed by atoms with Crippen molar-refractivity contribution < 1.29 is 22.6 Å². The van der Waals surface area contributed by atoms with Crippen LogP contribution in [0.5, 0.6) is 11.5 Å². The van der Waals surface area contributed by atoms with E-state index in [2.05, 4.69) is 4.99 Å². The summed E-state index contributed by atoms with van der Waals surface area (Å²) < 4.78 is 47.5. The lowest BCUT2D eigenvalue weighted by Gasteiger charge is -2.24. The maximum Gasteiger partial charge on any atom is 0.422 e. The predicted molar refractivity (Wildman–Crippen MR) is 79.5 cm³/mol. The van der Waals surface area contributed by atoms with E-state index in [-0.39, 0.29) is 5.75 Å². The van der Waals surface area contributed by atoms with Gasteiger partial charge in [0.05, 0.1) is 19.3 Å². The minimum Gasteiger partial charge on any atom is -0.497 e. The molecule has 2 rings (SSSR count). The van der Waals surface area contributed by atoms with Crippen LogP contribution in [-0.4, -0.2) is 45.7 Å². The van der Waals surface area contributed by atoms with Gasteiger partial charge in [-0.1, -0.05) is 0 Å². The normalized spacial score (nSPS) is 17.2. The lowest BCUT2D eigenvalue weighted by atomic mass is 10.1. The van der Waals surface area contributed by atoms with Crippen LogP contribution in [0.4, 0.5) is 18.9 Å². The molecule has 0 amide bonds. The van der Waals surface area contributed by atoms with Crippen LogP contribution in [0.25, 0.3) is 0 Å². The average Bonchev–Trinajstić information content (AvgIpc) is 2.92. The third kappa shape index (κ3) is 3.84. The Morgan fingerprint density at radius 3 is 2.59 bits per heavy atom. The Morgan fingerprint density at radius 1 is 1.32 bits per heavy atom. The molecule has 0 atom stereocenters. The van der Waals surface area contributed by atoms with Crippen LogP contribution in [0.15, 0.2) is 17.1 Å². The van der Waals surface area contributed by atoms with Gasteiger partial charge in [-0.3, -0.25) is 4.99 Å². The standard InChI is InChI=1S/C15H19F3N2O2/c1-10-6-12(21-3)7-13(22-9-15(16,17)18)14(10)20-5-4-11(8-20)19-2/h6-7H,4-5,8-9H2,1-3H3. The van der Waals surface area contributed by atoms with E-state index in [9.17, 15) is 13.2 Å². The van der Waals surface area contributed by atoms with E-state index in [1.165, 1.54) is 13.2 Å². The first kappa shape index (κ1) is 16.5. The van der Waals surface area contributed by atoms with E-state index in [1.54, 1.807) is 13.1 Å². The second-order valence-corrected chi connectivity index (χ2v) is 5.16. The number of anilines is 1. The van der Waals surface area contributed by atoms with Crippen molar-refractivity contribution in [3.63, 3.8) is 0 Å². The quantitative estimate of drug-likeness (QED) is 0.855. The minimum absolute atomic E-state index is 0.187. The lowest BCUT2D eigenvalue weighted by Crippen LogP contribution is -2.24. The molecular formula is C15H19F3N2O2. The van der Waals surface area contributed by atoms with E-state index in [0.717, 1.165) is 17.7 Å². The molecule has 1 fully saturated rings. The maximum atomic E-state index is 12.5. The largest absolute Gasteiger partial charge is 0.497 e. The maximum absolute atomic E-state index is 12.5. The third-order valence-electron chi connectivity index (χ3n) is 3.54. The third-order valence-corrected chi connectivity index (χ3v) is 3.54. The molecule has 1 aromatic carbocycles. The monoisotopic (exact) mass is 316 g/mol. The fourth-order valence-corrected chi connectivity index (χ4v) is 2.52. The molecule has 4 nitrogen and oxygen atoms in total. The molecule has 7 heteroatoms. The van der Waals surface area contributed by atoms with E-state index in [1.807, 2.05) is 11.8 Å². The number of halogens is 3. The first-order valence-electron chi connectivity index (χ1n) is 6.91. The van der Waals surface area contributed by atoms with Crippen LogP contribution in [0.2, 0.25) is 0 Å². The van der Waals surface area contributed by atoms with Crippen molar-refractivity contribution in [3.05, 3.63) is 17.7 Å². The fourth-order valence-electron chi connectivity index (χ4n) is 2.52. The van der Waals surface area contributed by atoms with Crippen LogP contribution >= 0.6 is 0 Å². The summed E-state index contributed by atoms with van der Waals surface area (Å²) in [7, 11) is 3.19. The van der Waals surface area contributed by atoms with E-state index < -0.39 is 12.8 Å². The zero-order valence-corrected chi connectivity index (χ0v) is 12.8. The second kappa shape index (κ2) is 6.46. The van der Waals surface area contributed by atoms with Gasteiger partial charge in [-0.2, -0.15) is 13.2 Å². The van der Waals surface area contributed by atoms with Gasteiger partial charge in [0.2, 0.25) is 0 Å². The van der Waals surface area contributed by atoms with Gasteiger partial charge in [-0.25, -0.2) is 0 Å². The van der Waals surface area contributed by atoms with Crippen molar-refractivity contribution in [2.45, 2.75) is 19.5 Å². The molecule has 22 heavy (non-hydrogen) atoms. The van der Waals surface area contributed by atoms with Gasteiger partial charge >= 0.3 is 6.18 Å². The molecule has 0 unspecified atom stereocenters. The fraction of sp³-hybridized carbons (Fsp3) is 0.533. The average molecular weight is 316 g/mol. The van der Waals surface area contributed by atoms with Crippen LogP contribution in [0.1, 0.15) is 12.0 Å². The molecule has 0 aliphatic carbocycles. The Hall–Kier alpha value is -1.92. The Bertz CT molecular complexity index is 571. The molecule has 0 saturated carbocycles. The first-order chi connectivity index (χ1) is 10.3. The highest BCUT2D eigenvalue weighted by Gasteiger charge is 2.30. The van der Waals surface area contributed by atoms with Crippen LogP contribution in [-0.2, 0) is 0 Å². The summed E-state index contributed by atoms with van der Waals surface area (Å²) in [4.78, 5) is 6.16. The number of nitrogens with zero attached hydrogens (tertiary/aromatic N) is 2. The van der Waals surface area contributed by atoms with Crippen molar-refractivity contribution >= 4 is 11.4 Å². The number of hydrogen-bond donors (Lipinski definition) is 0. The second-order valence-electron chi connectivity index (χ2n) is 5.16. The molecule has 0 aromatic heterocycles. The molecule has 1 saturated heterocycles. The van der Waals surface area contributed by atoms with E-state index in [4.69, 9.17) is 9.47 Å². The first-order valence-corrected chi connectivity index (χ1v) is 6.91. The van der Waals surface area contributed by atoms with Gasteiger partial charge in [0, 0.05) is 31.8 Å². The number of hydrogen-bond acceptors (Lipinski definition) is 4. The highest BCUT2D eigenvalue weighted by atomic mass is 19.4. The van der Waals surface area contributed by atoms with E-state index >= 15 is 0 Å². The van der Waals surface area contributed by atoms with Crippen molar-refractivity contribution in [2.75, 3.05) is 38.8 Å². The Labute approximate surface area is 127 Å². The number of benzene rings is 1. The topological polar surface area (TPSA) is 34.1 Å². The number of alkyl halides is 3. The molecule has 1 heterocycles. The number of methoxy groups -OCH3 is 1. The Morgan fingerprint density at radius 2 is 2.05 bits per heavy atom. The molecule has 1 aliphatic heterocycles. The van der Waals surface area contributed by atoms with Crippen LogP contribution in [0, 0.1) is 6.92 Å². The molecule has 1 aliphatic rings.